The van der Waals surface area contributed by atoms with Gasteiger partial charge in [-0.05, 0) is 43.4 Å². The summed E-state index contributed by atoms with van der Waals surface area (Å²) in [7, 11) is 0. The third kappa shape index (κ3) is 3.76. The summed E-state index contributed by atoms with van der Waals surface area (Å²) in [4.78, 5) is 18.3. The van der Waals surface area contributed by atoms with Crippen molar-refractivity contribution in [3.8, 4) is 5.69 Å². The molecule has 2 N–H and O–H groups in total. The van der Waals surface area contributed by atoms with E-state index in [1.807, 2.05) is 35.9 Å². The average molecular weight is 328 g/mol. The lowest BCUT2D eigenvalue weighted by Crippen LogP contribution is -2.46. The molecule has 0 unspecified atom stereocenters. The van der Waals surface area contributed by atoms with Gasteiger partial charge in [-0.1, -0.05) is 12.1 Å². The summed E-state index contributed by atoms with van der Waals surface area (Å²) in [6.07, 6.45) is 7.33. The summed E-state index contributed by atoms with van der Waals surface area (Å²) in [6.45, 7) is 3.51. The van der Waals surface area contributed by atoms with Crippen LogP contribution < -0.4 is 5.32 Å². The lowest BCUT2D eigenvalue weighted by molar-refractivity contribution is 0.128. The van der Waals surface area contributed by atoms with Crippen molar-refractivity contribution in [3.05, 3.63) is 48.5 Å². The third-order valence-electron chi connectivity index (χ3n) is 4.58. The molecule has 2 heterocycles. The van der Waals surface area contributed by atoms with Crippen molar-refractivity contribution in [2.45, 2.75) is 25.8 Å². The van der Waals surface area contributed by atoms with E-state index in [1.165, 1.54) is 0 Å². The molecule has 0 spiro atoms. The van der Waals surface area contributed by atoms with Gasteiger partial charge in [0.15, 0.2) is 0 Å². The van der Waals surface area contributed by atoms with Crippen LogP contribution in [-0.2, 0) is 0 Å². The number of aliphatic hydroxyl groups excluding tert-OH is 1. The van der Waals surface area contributed by atoms with Crippen molar-refractivity contribution in [2.75, 3.05) is 19.7 Å². The molecule has 2 atom stereocenters. The van der Waals surface area contributed by atoms with Gasteiger partial charge in [0, 0.05) is 37.8 Å². The van der Waals surface area contributed by atoms with Gasteiger partial charge in [-0.15, -0.1) is 0 Å². The second-order valence-electron chi connectivity index (χ2n) is 6.37. The molecule has 1 fully saturated rings. The van der Waals surface area contributed by atoms with Gasteiger partial charge in [-0.3, -0.25) is 0 Å². The Morgan fingerprint density at radius 1 is 1.50 bits per heavy atom. The molecule has 0 radical (unpaired) electrons. The van der Waals surface area contributed by atoms with Gasteiger partial charge in [0.2, 0.25) is 0 Å². The Labute approximate surface area is 142 Å². The monoisotopic (exact) mass is 328 g/mol. The van der Waals surface area contributed by atoms with Crippen molar-refractivity contribution < 1.29 is 9.90 Å². The molecular formula is C18H24N4O2. The van der Waals surface area contributed by atoms with Crippen LogP contribution in [0.3, 0.4) is 0 Å². The number of rotatable bonds is 4. The minimum Gasteiger partial charge on any atom is -0.396 e. The molecule has 2 aromatic rings. The lowest BCUT2D eigenvalue weighted by Gasteiger charge is -2.32. The quantitative estimate of drug-likeness (QED) is 0.905. The molecule has 1 aromatic carbocycles. The number of carbonyl (C=O) groups is 1. The summed E-state index contributed by atoms with van der Waals surface area (Å²) < 4.78 is 1.94. The van der Waals surface area contributed by atoms with Crippen molar-refractivity contribution >= 4 is 6.03 Å². The molecule has 1 aliphatic rings. The Hall–Kier alpha value is -2.34. The summed E-state index contributed by atoms with van der Waals surface area (Å²) in [6, 6.07) is 7.91. The highest BCUT2D eigenvalue weighted by atomic mass is 16.3. The van der Waals surface area contributed by atoms with Crippen LogP contribution >= 0.6 is 0 Å². The van der Waals surface area contributed by atoms with Crippen LogP contribution in [0, 0.1) is 5.92 Å². The van der Waals surface area contributed by atoms with Gasteiger partial charge < -0.3 is 19.9 Å². The van der Waals surface area contributed by atoms with Crippen LogP contribution in [0.1, 0.15) is 31.4 Å². The minimum absolute atomic E-state index is 0.0614. The second kappa shape index (κ2) is 7.49. The van der Waals surface area contributed by atoms with E-state index in [0.29, 0.717) is 6.54 Å². The molecular weight excluding hydrogens is 304 g/mol. The summed E-state index contributed by atoms with van der Waals surface area (Å²) in [5, 5.41) is 12.4. The van der Waals surface area contributed by atoms with E-state index >= 15 is 0 Å². The predicted molar refractivity (Wildman–Crippen MR) is 91.9 cm³/mol. The molecule has 6 nitrogen and oxygen atoms in total. The van der Waals surface area contributed by atoms with E-state index in [0.717, 1.165) is 30.6 Å². The molecule has 6 heteroatoms. The zero-order valence-electron chi connectivity index (χ0n) is 13.9. The highest BCUT2D eigenvalue weighted by Gasteiger charge is 2.24. The number of aliphatic hydroxyl groups is 1. The fraction of sp³-hybridized carbons (Fsp3) is 0.444. The predicted octanol–water partition coefficient (Wildman–Crippen LogP) is 2.35. The molecule has 0 aliphatic carbocycles. The maximum atomic E-state index is 12.5. The average Bonchev–Trinajstić information content (AvgIpc) is 3.16. The second-order valence-corrected chi connectivity index (χ2v) is 6.37. The Balaban J connectivity index is 1.65. The molecule has 0 saturated carbocycles. The van der Waals surface area contributed by atoms with Crippen LogP contribution in [0.5, 0.6) is 0 Å². The van der Waals surface area contributed by atoms with E-state index < -0.39 is 0 Å². The number of aromatic nitrogens is 2. The number of nitrogens with one attached hydrogen (secondary N) is 1. The number of carbonyl (C=O) groups excluding carboxylic acids is 1. The van der Waals surface area contributed by atoms with E-state index in [2.05, 4.69) is 16.4 Å². The number of hydrogen-bond acceptors (Lipinski definition) is 3. The molecule has 1 aromatic heterocycles. The topological polar surface area (TPSA) is 70.4 Å². The number of nitrogens with zero attached hydrogens (tertiary/aromatic N) is 3. The fourth-order valence-corrected chi connectivity index (χ4v) is 3.12. The van der Waals surface area contributed by atoms with E-state index in [4.69, 9.17) is 0 Å². The molecule has 1 aliphatic heterocycles. The maximum absolute atomic E-state index is 12.5. The largest absolute Gasteiger partial charge is 0.396 e. The number of benzene rings is 1. The minimum atomic E-state index is -0.0875. The van der Waals surface area contributed by atoms with Crippen LogP contribution in [0.15, 0.2) is 43.0 Å². The number of likely N-dealkylation sites (tertiary alicyclic amines) is 1. The van der Waals surface area contributed by atoms with Gasteiger partial charge >= 0.3 is 6.03 Å². The van der Waals surface area contributed by atoms with E-state index in [9.17, 15) is 9.90 Å². The van der Waals surface area contributed by atoms with Crippen LogP contribution in [-0.4, -0.2) is 45.3 Å². The van der Waals surface area contributed by atoms with Gasteiger partial charge in [-0.25, -0.2) is 9.78 Å². The highest BCUT2D eigenvalue weighted by Crippen LogP contribution is 2.19. The Bertz CT molecular complexity index is 671. The number of hydrogen-bond donors (Lipinski definition) is 2. The maximum Gasteiger partial charge on any atom is 0.317 e. The Kier molecular flexibility index (Phi) is 5.15. The smallest absolute Gasteiger partial charge is 0.317 e. The normalized spacial score (nSPS) is 19.1. The SMILES string of the molecule is C[C@@H](NC(=O)N1CCC[C@H](CO)C1)c1cccc(-n2ccnc2)c1. The number of urea groups is 1. The molecule has 128 valence electrons. The van der Waals surface area contributed by atoms with Crippen LogP contribution in [0.4, 0.5) is 4.79 Å². The number of piperidine rings is 1. The first-order chi connectivity index (χ1) is 11.7. The van der Waals surface area contributed by atoms with Crippen LogP contribution in [0.25, 0.3) is 5.69 Å². The number of imidazole rings is 1. The van der Waals surface area contributed by atoms with Gasteiger partial charge in [0.05, 0.1) is 12.4 Å². The van der Waals surface area contributed by atoms with Gasteiger partial charge in [-0.2, -0.15) is 0 Å². The highest BCUT2D eigenvalue weighted by molar-refractivity contribution is 5.74. The van der Waals surface area contributed by atoms with E-state index in [1.54, 1.807) is 17.4 Å². The molecule has 3 rings (SSSR count). The van der Waals surface area contributed by atoms with Crippen molar-refractivity contribution in [3.63, 3.8) is 0 Å². The van der Waals surface area contributed by atoms with Gasteiger partial charge in [0.25, 0.3) is 0 Å². The zero-order chi connectivity index (χ0) is 16.9. The number of amides is 2. The fourth-order valence-electron chi connectivity index (χ4n) is 3.12. The molecule has 1 saturated heterocycles. The summed E-state index contributed by atoms with van der Waals surface area (Å²) in [5.41, 5.74) is 2.06. The Morgan fingerprint density at radius 2 is 2.38 bits per heavy atom. The molecule has 0 bridgehead atoms. The van der Waals surface area contributed by atoms with Crippen LogP contribution in [0.2, 0.25) is 0 Å². The molecule has 24 heavy (non-hydrogen) atoms. The summed E-state index contributed by atoms with van der Waals surface area (Å²) >= 11 is 0. The Morgan fingerprint density at radius 3 is 3.12 bits per heavy atom. The first-order valence-electron chi connectivity index (χ1n) is 8.42. The van der Waals surface area contributed by atoms with E-state index in [-0.39, 0.29) is 24.6 Å². The zero-order valence-corrected chi connectivity index (χ0v) is 13.9. The first-order valence-corrected chi connectivity index (χ1v) is 8.42. The standard InChI is InChI=1S/C18H24N4O2/c1-14(20-18(24)21-8-3-4-15(11-21)12-23)16-5-2-6-17(10-16)22-9-7-19-13-22/h2,5-7,9-10,13-15,23H,3-4,8,11-12H2,1H3,(H,20,24)/t14-,15+/m1/s1. The summed E-state index contributed by atoms with van der Waals surface area (Å²) in [5.74, 6) is 0.198. The lowest BCUT2D eigenvalue weighted by atomic mass is 9.99. The van der Waals surface area contributed by atoms with Crippen molar-refractivity contribution in [2.24, 2.45) is 5.92 Å². The van der Waals surface area contributed by atoms with Crippen molar-refractivity contribution in [1.29, 1.82) is 0 Å². The van der Waals surface area contributed by atoms with Crippen molar-refractivity contribution in [1.82, 2.24) is 19.8 Å². The third-order valence-corrected chi connectivity index (χ3v) is 4.58. The first kappa shape index (κ1) is 16.5. The molecule has 2 amide bonds. The van der Waals surface area contributed by atoms with Gasteiger partial charge in [0.1, 0.15) is 0 Å².